The highest BCUT2D eigenvalue weighted by atomic mass is 16.5. The van der Waals surface area contributed by atoms with Gasteiger partial charge in [-0.2, -0.15) is 4.98 Å². The Morgan fingerprint density at radius 1 is 1.25 bits per heavy atom. The van der Waals surface area contributed by atoms with Crippen molar-refractivity contribution in [1.82, 2.24) is 15.0 Å². The molecule has 112 valence electrons. The van der Waals surface area contributed by atoms with Crippen LogP contribution in [0.25, 0.3) is 0 Å². The summed E-state index contributed by atoms with van der Waals surface area (Å²) in [5, 5.41) is 14.0. The minimum Gasteiger partial charge on any atom is -0.392 e. The Bertz CT molecular complexity index is 429. The third kappa shape index (κ3) is 3.20. The molecule has 1 aromatic rings. The van der Waals surface area contributed by atoms with Crippen molar-refractivity contribution >= 4 is 0 Å². The molecule has 0 spiro atoms. The summed E-state index contributed by atoms with van der Waals surface area (Å²) in [7, 11) is 0. The molecule has 0 amide bonds. The van der Waals surface area contributed by atoms with Gasteiger partial charge in [-0.15, -0.1) is 0 Å². The van der Waals surface area contributed by atoms with Gasteiger partial charge in [0.2, 0.25) is 5.89 Å². The van der Waals surface area contributed by atoms with E-state index in [4.69, 9.17) is 4.52 Å². The SMILES string of the molecule is CC1CCN(Cc2noc(C3CCCCC3)n2)CC1O. The van der Waals surface area contributed by atoms with E-state index in [-0.39, 0.29) is 6.10 Å². The normalized spacial score (nSPS) is 29.7. The number of aromatic nitrogens is 2. The smallest absolute Gasteiger partial charge is 0.229 e. The summed E-state index contributed by atoms with van der Waals surface area (Å²) >= 11 is 0. The highest BCUT2D eigenvalue weighted by Crippen LogP contribution is 2.31. The maximum atomic E-state index is 9.93. The van der Waals surface area contributed by atoms with Crippen LogP contribution in [-0.4, -0.2) is 39.3 Å². The van der Waals surface area contributed by atoms with Gasteiger partial charge in [-0.25, -0.2) is 0 Å². The van der Waals surface area contributed by atoms with Crippen LogP contribution in [0.5, 0.6) is 0 Å². The summed E-state index contributed by atoms with van der Waals surface area (Å²) in [5.41, 5.74) is 0. The molecule has 2 unspecified atom stereocenters. The maximum absolute atomic E-state index is 9.93. The summed E-state index contributed by atoms with van der Waals surface area (Å²) in [5.74, 6) is 2.46. The number of hydrogen-bond acceptors (Lipinski definition) is 5. The molecule has 5 heteroatoms. The van der Waals surface area contributed by atoms with Gasteiger partial charge in [-0.05, 0) is 31.7 Å². The zero-order chi connectivity index (χ0) is 13.9. The number of rotatable bonds is 3. The Morgan fingerprint density at radius 2 is 2.05 bits per heavy atom. The fraction of sp³-hybridized carbons (Fsp3) is 0.867. The Morgan fingerprint density at radius 3 is 2.80 bits per heavy atom. The van der Waals surface area contributed by atoms with Gasteiger partial charge in [0.15, 0.2) is 5.82 Å². The molecule has 1 aliphatic heterocycles. The maximum Gasteiger partial charge on any atom is 0.229 e. The molecule has 1 aliphatic carbocycles. The third-order valence-corrected chi connectivity index (χ3v) is 4.81. The minimum absolute atomic E-state index is 0.228. The van der Waals surface area contributed by atoms with Gasteiger partial charge in [0.05, 0.1) is 12.6 Å². The lowest BCUT2D eigenvalue weighted by Gasteiger charge is -2.33. The highest BCUT2D eigenvalue weighted by molar-refractivity contribution is 4.96. The number of nitrogens with zero attached hydrogens (tertiary/aromatic N) is 3. The molecule has 20 heavy (non-hydrogen) atoms. The molecule has 0 bridgehead atoms. The first-order valence-electron chi connectivity index (χ1n) is 7.95. The molecular weight excluding hydrogens is 254 g/mol. The molecule has 1 aromatic heterocycles. The number of β-amino-alcohol motifs (C(OH)–C–C–N with tert-alkyl or cyclic N) is 1. The molecule has 1 N–H and O–H groups in total. The van der Waals surface area contributed by atoms with E-state index < -0.39 is 0 Å². The summed E-state index contributed by atoms with van der Waals surface area (Å²) in [6, 6.07) is 0. The van der Waals surface area contributed by atoms with Crippen molar-refractivity contribution in [2.75, 3.05) is 13.1 Å². The number of aliphatic hydroxyl groups is 1. The van der Waals surface area contributed by atoms with E-state index in [1.165, 1.54) is 32.1 Å². The molecule has 2 fully saturated rings. The minimum atomic E-state index is -0.228. The number of likely N-dealkylation sites (tertiary alicyclic amines) is 1. The summed E-state index contributed by atoms with van der Waals surface area (Å²) in [6.07, 6.45) is 7.06. The zero-order valence-electron chi connectivity index (χ0n) is 12.3. The molecule has 3 rings (SSSR count). The molecular formula is C15H25N3O2. The molecule has 0 aromatic carbocycles. The van der Waals surface area contributed by atoms with E-state index in [1.54, 1.807) is 0 Å². The van der Waals surface area contributed by atoms with E-state index in [2.05, 4.69) is 22.0 Å². The molecule has 2 atom stereocenters. The predicted octanol–water partition coefficient (Wildman–Crippen LogP) is 2.32. The second-order valence-corrected chi connectivity index (χ2v) is 6.45. The van der Waals surface area contributed by atoms with Crippen LogP contribution in [0.4, 0.5) is 0 Å². The molecule has 1 saturated carbocycles. The van der Waals surface area contributed by atoms with Crippen molar-refractivity contribution in [3.8, 4) is 0 Å². The average molecular weight is 279 g/mol. The Labute approximate surface area is 120 Å². The fourth-order valence-electron chi connectivity index (χ4n) is 3.31. The van der Waals surface area contributed by atoms with Crippen molar-refractivity contribution in [2.24, 2.45) is 5.92 Å². The van der Waals surface area contributed by atoms with Gasteiger partial charge in [0.25, 0.3) is 0 Å². The van der Waals surface area contributed by atoms with E-state index in [1.807, 2.05) is 0 Å². The van der Waals surface area contributed by atoms with Crippen LogP contribution in [0, 0.1) is 5.92 Å². The Balaban J connectivity index is 1.57. The van der Waals surface area contributed by atoms with Crippen LogP contribution in [0.3, 0.4) is 0 Å². The topological polar surface area (TPSA) is 62.4 Å². The van der Waals surface area contributed by atoms with Crippen LogP contribution in [0.15, 0.2) is 4.52 Å². The molecule has 2 heterocycles. The van der Waals surface area contributed by atoms with Crippen LogP contribution in [0.1, 0.15) is 63.1 Å². The second kappa shape index (κ2) is 6.22. The van der Waals surface area contributed by atoms with Crippen LogP contribution in [-0.2, 0) is 6.54 Å². The number of piperidine rings is 1. The molecule has 2 aliphatic rings. The quantitative estimate of drug-likeness (QED) is 0.920. The third-order valence-electron chi connectivity index (χ3n) is 4.81. The summed E-state index contributed by atoms with van der Waals surface area (Å²) < 4.78 is 5.44. The van der Waals surface area contributed by atoms with Gasteiger partial charge >= 0.3 is 0 Å². The van der Waals surface area contributed by atoms with Gasteiger partial charge in [0.1, 0.15) is 0 Å². The van der Waals surface area contributed by atoms with Crippen molar-refractivity contribution in [2.45, 2.75) is 64.0 Å². The van der Waals surface area contributed by atoms with Crippen LogP contribution >= 0.6 is 0 Å². The second-order valence-electron chi connectivity index (χ2n) is 6.45. The highest BCUT2D eigenvalue weighted by Gasteiger charge is 2.26. The number of hydrogen-bond donors (Lipinski definition) is 1. The first kappa shape index (κ1) is 14.0. The lowest BCUT2D eigenvalue weighted by molar-refractivity contribution is 0.0246. The van der Waals surface area contributed by atoms with E-state index in [9.17, 15) is 5.11 Å². The van der Waals surface area contributed by atoms with Gasteiger partial charge < -0.3 is 9.63 Å². The Kier molecular flexibility index (Phi) is 4.36. The van der Waals surface area contributed by atoms with Gasteiger partial charge in [-0.3, -0.25) is 4.90 Å². The summed E-state index contributed by atoms with van der Waals surface area (Å²) in [6.45, 7) is 4.53. The zero-order valence-corrected chi connectivity index (χ0v) is 12.3. The van der Waals surface area contributed by atoms with Crippen molar-refractivity contribution < 1.29 is 9.63 Å². The van der Waals surface area contributed by atoms with E-state index in [0.717, 1.165) is 24.7 Å². The van der Waals surface area contributed by atoms with Gasteiger partial charge in [0, 0.05) is 12.5 Å². The standard InChI is InChI=1S/C15H25N3O2/c1-11-7-8-18(9-13(11)19)10-14-16-15(20-17-14)12-5-3-2-4-6-12/h11-13,19H,2-10H2,1H3. The predicted molar refractivity (Wildman–Crippen MR) is 75.2 cm³/mol. The summed E-state index contributed by atoms with van der Waals surface area (Å²) in [4.78, 5) is 6.79. The van der Waals surface area contributed by atoms with E-state index >= 15 is 0 Å². The largest absolute Gasteiger partial charge is 0.392 e. The lowest BCUT2D eigenvalue weighted by Crippen LogP contribution is -2.42. The molecule has 5 nitrogen and oxygen atoms in total. The first-order valence-corrected chi connectivity index (χ1v) is 7.95. The average Bonchev–Trinajstić information content (AvgIpc) is 2.92. The molecule has 1 saturated heterocycles. The molecule has 0 radical (unpaired) electrons. The first-order chi connectivity index (χ1) is 9.72. The fourth-order valence-corrected chi connectivity index (χ4v) is 3.31. The Hall–Kier alpha value is -0.940. The van der Waals surface area contributed by atoms with Crippen molar-refractivity contribution in [3.63, 3.8) is 0 Å². The van der Waals surface area contributed by atoms with Crippen molar-refractivity contribution in [3.05, 3.63) is 11.7 Å². The van der Waals surface area contributed by atoms with Crippen LogP contribution in [0.2, 0.25) is 0 Å². The van der Waals surface area contributed by atoms with E-state index in [0.29, 0.717) is 24.9 Å². The lowest BCUT2D eigenvalue weighted by atomic mass is 9.89. The number of aliphatic hydroxyl groups excluding tert-OH is 1. The van der Waals surface area contributed by atoms with Crippen LogP contribution < -0.4 is 0 Å². The van der Waals surface area contributed by atoms with Gasteiger partial charge in [-0.1, -0.05) is 31.3 Å². The van der Waals surface area contributed by atoms with Crippen molar-refractivity contribution in [1.29, 1.82) is 0 Å². The monoisotopic (exact) mass is 279 g/mol.